The molecule has 3 rings (SSSR count). The minimum absolute atomic E-state index is 0.446. The quantitative estimate of drug-likeness (QED) is 0.689. The van der Waals surface area contributed by atoms with Crippen molar-refractivity contribution in [1.82, 2.24) is 5.32 Å². The van der Waals surface area contributed by atoms with Crippen LogP contribution in [0.5, 0.6) is 0 Å². The van der Waals surface area contributed by atoms with Crippen LogP contribution in [0.15, 0.2) is 53.9 Å². The normalized spacial score (nSPS) is 12.7. The maximum absolute atomic E-state index is 3.35. The SMILES string of the molecule is CCC(NC)c1ccc(-c2cccc3ccsc23)cc1. The summed E-state index contributed by atoms with van der Waals surface area (Å²) in [5.41, 5.74) is 3.99. The molecule has 2 aromatic carbocycles. The molecule has 0 saturated heterocycles. The molecule has 20 heavy (non-hydrogen) atoms. The van der Waals surface area contributed by atoms with E-state index in [0.717, 1.165) is 6.42 Å². The molecule has 1 atom stereocenters. The number of nitrogens with one attached hydrogen (secondary N) is 1. The van der Waals surface area contributed by atoms with Gasteiger partial charge in [0.1, 0.15) is 0 Å². The Bertz CT molecular complexity index is 693. The van der Waals surface area contributed by atoms with Gasteiger partial charge in [0.25, 0.3) is 0 Å². The van der Waals surface area contributed by atoms with Crippen LogP contribution in [0.2, 0.25) is 0 Å². The highest BCUT2D eigenvalue weighted by Crippen LogP contribution is 2.33. The fraction of sp³-hybridized carbons (Fsp3) is 0.222. The molecule has 0 fully saturated rings. The molecule has 0 aliphatic carbocycles. The van der Waals surface area contributed by atoms with Crippen LogP contribution in [-0.2, 0) is 0 Å². The molecule has 0 bridgehead atoms. The van der Waals surface area contributed by atoms with Gasteiger partial charge in [-0.15, -0.1) is 11.3 Å². The molecule has 0 spiro atoms. The Balaban J connectivity index is 2.01. The van der Waals surface area contributed by atoms with E-state index in [9.17, 15) is 0 Å². The Morgan fingerprint density at radius 1 is 1.05 bits per heavy atom. The van der Waals surface area contributed by atoms with Gasteiger partial charge in [-0.1, -0.05) is 49.4 Å². The molecule has 0 saturated carbocycles. The topological polar surface area (TPSA) is 12.0 Å². The van der Waals surface area contributed by atoms with Crippen molar-refractivity contribution >= 4 is 21.4 Å². The minimum atomic E-state index is 0.446. The van der Waals surface area contributed by atoms with E-state index in [-0.39, 0.29) is 0 Å². The lowest BCUT2D eigenvalue weighted by atomic mass is 9.99. The highest BCUT2D eigenvalue weighted by atomic mass is 32.1. The molecule has 1 heterocycles. The van der Waals surface area contributed by atoms with Gasteiger partial charge < -0.3 is 5.32 Å². The molecule has 0 amide bonds. The van der Waals surface area contributed by atoms with Crippen LogP contribution in [0.25, 0.3) is 21.2 Å². The number of rotatable bonds is 4. The molecule has 1 nitrogen and oxygen atoms in total. The maximum atomic E-state index is 3.35. The summed E-state index contributed by atoms with van der Waals surface area (Å²) in [7, 11) is 2.02. The standard InChI is InChI=1S/C18H19NS/c1-3-17(19-2)14-9-7-13(8-10-14)16-6-4-5-15-11-12-20-18(15)16/h4-12,17,19H,3H2,1-2H3. The lowest BCUT2D eigenvalue weighted by Gasteiger charge is -2.14. The van der Waals surface area contributed by atoms with Gasteiger partial charge in [0.05, 0.1) is 0 Å². The van der Waals surface area contributed by atoms with E-state index in [1.165, 1.54) is 26.8 Å². The third-order valence-electron chi connectivity index (χ3n) is 3.86. The van der Waals surface area contributed by atoms with Crippen molar-refractivity contribution in [2.45, 2.75) is 19.4 Å². The summed E-state index contributed by atoms with van der Waals surface area (Å²) < 4.78 is 1.38. The first-order valence-corrected chi connectivity index (χ1v) is 7.95. The van der Waals surface area contributed by atoms with E-state index in [2.05, 4.69) is 66.2 Å². The van der Waals surface area contributed by atoms with Crippen molar-refractivity contribution in [3.8, 4) is 11.1 Å². The van der Waals surface area contributed by atoms with Crippen LogP contribution >= 0.6 is 11.3 Å². The van der Waals surface area contributed by atoms with Crippen LogP contribution in [0.4, 0.5) is 0 Å². The Labute approximate surface area is 124 Å². The first-order chi connectivity index (χ1) is 9.83. The van der Waals surface area contributed by atoms with Gasteiger partial charge in [0.2, 0.25) is 0 Å². The van der Waals surface area contributed by atoms with Crippen molar-refractivity contribution < 1.29 is 0 Å². The van der Waals surface area contributed by atoms with E-state index in [0.29, 0.717) is 6.04 Å². The maximum Gasteiger partial charge on any atom is 0.0421 e. The van der Waals surface area contributed by atoms with E-state index < -0.39 is 0 Å². The Morgan fingerprint density at radius 2 is 1.85 bits per heavy atom. The first kappa shape index (κ1) is 13.3. The third kappa shape index (κ3) is 2.37. The van der Waals surface area contributed by atoms with Crippen LogP contribution in [0.1, 0.15) is 24.9 Å². The number of hydrogen-bond donors (Lipinski definition) is 1. The number of benzene rings is 2. The van der Waals surface area contributed by atoms with Gasteiger partial charge in [-0.2, -0.15) is 0 Å². The first-order valence-electron chi connectivity index (χ1n) is 7.07. The predicted octanol–water partition coefficient (Wildman–Crippen LogP) is 5.24. The molecule has 1 unspecified atom stereocenters. The van der Waals surface area contributed by atoms with Gasteiger partial charge in [-0.05, 0) is 47.0 Å². The van der Waals surface area contributed by atoms with Crippen molar-refractivity contribution in [3.63, 3.8) is 0 Å². The second-order valence-electron chi connectivity index (χ2n) is 5.02. The van der Waals surface area contributed by atoms with Crippen molar-refractivity contribution in [2.24, 2.45) is 0 Å². The molecule has 102 valence electrons. The monoisotopic (exact) mass is 281 g/mol. The van der Waals surface area contributed by atoms with Crippen molar-refractivity contribution in [2.75, 3.05) is 7.05 Å². The largest absolute Gasteiger partial charge is 0.313 e. The summed E-state index contributed by atoms with van der Waals surface area (Å²) in [5.74, 6) is 0. The van der Waals surface area contributed by atoms with E-state index in [1.807, 2.05) is 18.4 Å². The number of thiophene rings is 1. The summed E-state index contributed by atoms with van der Waals surface area (Å²) in [6.07, 6.45) is 1.11. The molecule has 3 aromatic rings. The fourth-order valence-electron chi connectivity index (χ4n) is 2.72. The summed E-state index contributed by atoms with van der Waals surface area (Å²) in [6.45, 7) is 2.21. The molecule has 2 heteroatoms. The van der Waals surface area contributed by atoms with Gasteiger partial charge in [0.15, 0.2) is 0 Å². The lowest BCUT2D eigenvalue weighted by Crippen LogP contribution is -2.14. The van der Waals surface area contributed by atoms with E-state index >= 15 is 0 Å². The fourth-order valence-corrected chi connectivity index (χ4v) is 3.66. The van der Waals surface area contributed by atoms with Crippen LogP contribution in [-0.4, -0.2) is 7.05 Å². The Hall–Kier alpha value is -1.64. The molecule has 1 N–H and O–H groups in total. The molecular formula is C18H19NS. The van der Waals surface area contributed by atoms with Crippen molar-refractivity contribution in [1.29, 1.82) is 0 Å². The van der Waals surface area contributed by atoms with Gasteiger partial charge in [0, 0.05) is 10.7 Å². The average molecular weight is 281 g/mol. The zero-order valence-corrected chi connectivity index (χ0v) is 12.7. The summed E-state index contributed by atoms with van der Waals surface area (Å²) in [6, 6.07) is 18.1. The summed E-state index contributed by atoms with van der Waals surface area (Å²) in [5, 5.41) is 6.85. The van der Waals surface area contributed by atoms with Crippen LogP contribution in [0, 0.1) is 0 Å². The third-order valence-corrected chi connectivity index (χ3v) is 4.82. The van der Waals surface area contributed by atoms with E-state index in [4.69, 9.17) is 0 Å². The van der Waals surface area contributed by atoms with E-state index in [1.54, 1.807) is 0 Å². The van der Waals surface area contributed by atoms with Crippen molar-refractivity contribution in [3.05, 3.63) is 59.5 Å². The second-order valence-corrected chi connectivity index (χ2v) is 5.93. The molecule has 0 radical (unpaired) electrons. The smallest absolute Gasteiger partial charge is 0.0421 e. The zero-order valence-electron chi connectivity index (χ0n) is 11.9. The molecule has 0 aliphatic rings. The Kier molecular flexibility index (Phi) is 3.86. The molecule has 0 aliphatic heterocycles. The number of hydrogen-bond acceptors (Lipinski definition) is 2. The minimum Gasteiger partial charge on any atom is -0.313 e. The zero-order chi connectivity index (χ0) is 13.9. The van der Waals surface area contributed by atoms with Gasteiger partial charge >= 0.3 is 0 Å². The molecular weight excluding hydrogens is 262 g/mol. The highest BCUT2D eigenvalue weighted by Gasteiger charge is 2.08. The van der Waals surface area contributed by atoms with Crippen LogP contribution in [0.3, 0.4) is 0 Å². The number of fused-ring (bicyclic) bond motifs is 1. The summed E-state index contributed by atoms with van der Waals surface area (Å²) in [4.78, 5) is 0. The highest BCUT2D eigenvalue weighted by molar-refractivity contribution is 7.17. The Morgan fingerprint density at radius 3 is 2.55 bits per heavy atom. The average Bonchev–Trinajstić information content (AvgIpc) is 2.98. The van der Waals surface area contributed by atoms with Crippen LogP contribution < -0.4 is 5.32 Å². The van der Waals surface area contributed by atoms with Gasteiger partial charge in [-0.25, -0.2) is 0 Å². The summed E-state index contributed by atoms with van der Waals surface area (Å²) >= 11 is 1.82. The molecule has 1 aromatic heterocycles. The lowest BCUT2D eigenvalue weighted by molar-refractivity contribution is 0.577. The van der Waals surface area contributed by atoms with Gasteiger partial charge in [-0.3, -0.25) is 0 Å². The second kappa shape index (κ2) is 5.78. The predicted molar refractivity (Wildman–Crippen MR) is 89.4 cm³/mol.